The summed E-state index contributed by atoms with van der Waals surface area (Å²) in [5, 5.41) is 11.1. The van der Waals surface area contributed by atoms with Crippen LogP contribution >= 0.6 is 0 Å². The van der Waals surface area contributed by atoms with Crippen LogP contribution in [0, 0.1) is 5.92 Å². The first kappa shape index (κ1) is 8.20. The number of amides is 1. The van der Waals surface area contributed by atoms with Crippen molar-refractivity contribution in [1.29, 1.82) is 0 Å². The highest BCUT2D eigenvalue weighted by Crippen LogP contribution is 2.20. The van der Waals surface area contributed by atoms with Crippen LogP contribution in [0.4, 0.5) is 0 Å². The summed E-state index contributed by atoms with van der Waals surface area (Å²) in [6.07, 6.45) is 1.61. The number of aliphatic hydroxyl groups excluding tert-OH is 1. The third-order valence-electron chi connectivity index (χ3n) is 1.94. The number of nitrogens with one attached hydrogen (secondary N) is 1. The Hall–Kier alpha value is -0.900. The molecule has 11 heavy (non-hydrogen) atoms. The van der Waals surface area contributed by atoms with Gasteiger partial charge in [-0.15, -0.1) is 0 Å². The zero-order valence-electron chi connectivity index (χ0n) is 6.12. The summed E-state index contributed by atoms with van der Waals surface area (Å²) in [5.41, 5.74) is 0. The first-order chi connectivity index (χ1) is 5.29. The Morgan fingerprint density at radius 2 is 2.36 bits per heavy atom. The van der Waals surface area contributed by atoms with Crippen LogP contribution in [0.1, 0.15) is 12.8 Å². The zero-order chi connectivity index (χ0) is 8.27. The average molecular weight is 157 g/mol. The molecule has 0 aromatic heterocycles. The Bertz CT molecular complexity index is 167. The van der Waals surface area contributed by atoms with Crippen molar-refractivity contribution in [2.75, 3.05) is 6.61 Å². The van der Waals surface area contributed by atoms with Crippen LogP contribution in [-0.2, 0) is 9.59 Å². The molecule has 1 fully saturated rings. The van der Waals surface area contributed by atoms with Crippen LogP contribution in [0.25, 0.3) is 0 Å². The lowest BCUT2D eigenvalue weighted by Gasteiger charge is -2.35. The third-order valence-corrected chi connectivity index (χ3v) is 1.94. The minimum absolute atomic E-state index is 0.00738. The van der Waals surface area contributed by atoms with Crippen molar-refractivity contribution >= 4 is 12.2 Å². The molecule has 4 heteroatoms. The Balaban J connectivity index is 2.34. The molecule has 1 rings (SSSR count). The lowest BCUT2D eigenvalue weighted by atomic mass is 9.86. The maximum absolute atomic E-state index is 10.8. The van der Waals surface area contributed by atoms with E-state index in [2.05, 4.69) is 5.32 Å². The van der Waals surface area contributed by atoms with Crippen LogP contribution in [0.3, 0.4) is 0 Å². The standard InChI is InChI=1S/C7H11NO3/c9-3-1-5-6(2-4-10)8-7(5)11/h4-6,9H,1-3H2,(H,8,11)/t5-,6-/m1/s1. The summed E-state index contributed by atoms with van der Waals surface area (Å²) in [6, 6.07) is -0.0350. The lowest BCUT2D eigenvalue weighted by Crippen LogP contribution is -2.58. The van der Waals surface area contributed by atoms with Crippen molar-refractivity contribution in [3.8, 4) is 0 Å². The van der Waals surface area contributed by atoms with Gasteiger partial charge < -0.3 is 15.2 Å². The number of rotatable bonds is 4. The first-order valence-electron chi connectivity index (χ1n) is 3.64. The molecule has 2 N–H and O–H groups in total. The maximum Gasteiger partial charge on any atom is 0.225 e. The van der Waals surface area contributed by atoms with Crippen LogP contribution < -0.4 is 5.32 Å². The molecule has 0 bridgehead atoms. The molecule has 0 spiro atoms. The van der Waals surface area contributed by atoms with E-state index in [1.807, 2.05) is 0 Å². The van der Waals surface area contributed by atoms with Gasteiger partial charge in [-0.2, -0.15) is 0 Å². The monoisotopic (exact) mass is 157 g/mol. The summed E-state index contributed by atoms with van der Waals surface area (Å²) in [4.78, 5) is 20.8. The van der Waals surface area contributed by atoms with E-state index in [9.17, 15) is 9.59 Å². The predicted octanol–water partition coefficient (Wildman–Crippen LogP) is -0.928. The van der Waals surface area contributed by atoms with Crippen LogP contribution in [-0.4, -0.2) is 29.9 Å². The zero-order valence-corrected chi connectivity index (χ0v) is 6.12. The van der Waals surface area contributed by atoms with E-state index in [1.165, 1.54) is 0 Å². The largest absolute Gasteiger partial charge is 0.396 e. The number of carbonyl (C=O) groups excluding carboxylic acids is 2. The van der Waals surface area contributed by atoms with Crippen molar-refractivity contribution in [2.45, 2.75) is 18.9 Å². The van der Waals surface area contributed by atoms with Gasteiger partial charge in [-0.1, -0.05) is 0 Å². The second kappa shape index (κ2) is 3.48. The first-order valence-corrected chi connectivity index (χ1v) is 3.64. The molecule has 1 amide bonds. The molecule has 0 aromatic rings. The fourth-order valence-electron chi connectivity index (χ4n) is 1.28. The van der Waals surface area contributed by atoms with Crippen LogP contribution in [0.15, 0.2) is 0 Å². The average Bonchev–Trinajstić information content (AvgIpc) is 2.00. The van der Waals surface area contributed by atoms with E-state index in [4.69, 9.17) is 5.11 Å². The summed E-state index contributed by atoms with van der Waals surface area (Å²) in [5.74, 6) is -0.198. The van der Waals surface area contributed by atoms with Crippen molar-refractivity contribution in [1.82, 2.24) is 5.32 Å². The van der Waals surface area contributed by atoms with Gasteiger partial charge in [0.1, 0.15) is 6.29 Å². The van der Waals surface area contributed by atoms with Gasteiger partial charge >= 0.3 is 0 Å². The van der Waals surface area contributed by atoms with Crippen molar-refractivity contribution in [3.63, 3.8) is 0 Å². The normalized spacial score (nSPS) is 29.0. The Labute approximate surface area is 64.6 Å². The van der Waals surface area contributed by atoms with Crippen LogP contribution in [0.2, 0.25) is 0 Å². The summed E-state index contributed by atoms with van der Waals surface area (Å²) in [7, 11) is 0. The van der Waals surface area contributed by atoms with Gasteiger partial charge in [0, 0.05) is 19.1 Å². The molecule has 2 atom stereocenters. The predicted molar refractivity (Wildman–Crippen MR) is 37.8 cm³/mol. The molecule has 4 nitrogen and oxygen atoms in total. The quantitative estimate of drug-likeness (QED) is 0.409. The summed E-state index contributed by atoms with van der Waals surface area (Å²) >= 11 is 0. The molecule has 0 aliphatic carbocycles. The molecule has 0 aromatic carbocycles. The minimum atomic E-state index is -0.148. The molecule has 62 valence electrons. The lowest BCUT2D eigenvalue weighted by molar-refractivity contribution is -0.136. The minimum Gasteiger partial charge on any atom is -0.396 e. The number of carbonyl (C=O) groups is 2. The third kappa shape index (κ3) is 1.57. The van der Waals surface area contributed by atoms with Crippen molar-refractivity contribution in [2.24, 2.45) is 5.92 Å². The number of hydrogen-bond donors (Lipinski definition) is 2. The molecule has 1 aliphatic rings. The Morgan fingerprint density at radius 1 is 1.64 bits per heavy atom. The fourth-order valence-corrected chi connectivity index (χ4v) is 1.28. The molecular formula is C7H11NO3. The maximum atomic E-state index is 10.8. The van der Waals surface area contributed by atoms with Crippen molar-refractivity contribution < 1.29 is 14.7 Å². The molecule has 0 radical (unpaired) electrons. The van der Waals surface area contributed by atoms with Gasteiger partial charge in [-0.3, -0.25) is 4.79 Å². The van der Waals surface area contributed by atoms with Gasteiger partial charge in [0.15, 0.2) is 0 Å². The summed E-state index contributed by atoms with van der Waals surface area (Å²) < 4.78 is 0. The number of aldehydes is 1. The van der Waals surface area contributed by atoms with Crippen LogP contribution in [0.5, 0.6) is 0 Å². The fraction of sp³-hybridized carbons (Fsp3) is 0.714. The SMILES string of the molecule is O=CC[C@H]1NC(=O)[C@@H]1CCO. The smallest absolute Gasteiger partial charge is 0.225 e. The van der Waals surface area contributed by atoms with E-state index < -0.39 is 0 Å². The Kier molecular flexibility index (Phi) is 2.59. The molecule has 1 saturated heterocycles. The van der Waals surface area contributed by atoms with Gasteiger partial charge in [0.2, 0.25) is 5.91 Å². The van der Waals surface area contributed by atoms with Crippen molar-refractivity contribution in [3.05, 3.63) is 0 Å². The number of β-lactam (4-membered cyclic amide) rings is 1. The topological polar surface area (TPSA) is 66.4 Å². The van der Waals surface area contributed by atoms with Gasteiger partial charge in [-0.05, 0) is 6.42 Å². The van der Waals surface area contributed by atoms with E-state index >= 15 is 0 Å². The van der Waals surface area contributed by atoms with Gasteiger partial charge in [0.05, 0.1) is 5.92 Å². The molecule has 0 unspecified atom stereocenters. The van der Waals surface area contributed by atoms with E-state index in [-0.39, 0.29) is 24.5 Å². The van der Waals surface area contributed by atoms with Gasteiger partial charge in [-0.25, -0.2) is 0 Å². The summed E-state index contributed by atoms with van der Waals surface area (Å²) in [6.45, 7) is 0.00738. The van der Waals surface area contributed by atoms with E-state index in [0.29, 0.717) is 12.8 Å². The van der Waals surface area contributed by atoms with E-state index in [0.717, 1.165) is 6.29 Å². The second-order valence-electron chi connectivity index (χ2n) is 2.64. The molecule has 1 aliphatic heterocycles. The molecule has 0 saturated carbocycles. The number of hydrogen-bond acceptors (Lipinski definition) is 3. The highest BCUT2D eigenvalue weighted by atomic mass is 16.3. The Morgan fingerprint density at radius 3 is 2.82 bits per heavy atom. The molecular weight excluding hydrogens is 146 g/mol. The molecule has 1 heterocycles. The highest BCUT2D eigenvalue weighted by molar-refractivity contribution is 5.86. The highest BCUT2D eigenvalue weighted by Gasteiger charge is 2.37. The van der Waals surface area contributed by atoms with E-state index in [1.54, 1.807) is 0 Å². The second-order valence-corrected chi connectivity index (χ2v) is 2.64. The van der Waals surface area contributed by atoms with Gasteiger partial charge in [0.25, 0.3) is 0 Å². The number of aliphatic hydroxyl groups is 1.